The lowest BCUT2D eigenvalue weighted by Gasteiger charge is -2.24. The second-order valence-electron chi connectivity index (χ2n) is 6.86. The Morgan fingerprint density at radius 2 is 2.28 bits per heavy atom. The van der Waals surface area contributed by atoms with Crippen LogP contribution in [-0.4, -0.2) is 38.2 Å². The Morgan fingerprint density at radius 3 is 2.90 bits per heavy atom. The molecule has 3 aromatic rings. The van der Waals surface area contributed by atoms with Gasteiger partial charge in [-0.25, -0.2) is 9.55 Å². The monoisotopic (exact) mass is 413 g/mol. The molecule has 0 fully saturated rings. The number of Topliss-reactive ketones (excluding diaryl/α,β-unsaturated/α-hetero) is 1. The van der Waals surface area contributed by atoms with Crippen LogP contribution in [0.4, 0.5) is 0 Å². The summed E-state index contributed by atoms with van der Waals surface area (Å²) in [5.41, 5.74) is 0.636. The van der Waals surface area contributed by atoms with Crippen molar-refractivity contribution in [1.29, 1.82) is 0 Å². The normalized spacial score (nSPS) is 16.8. The molecule has 2 N–H and O–H groups in total. The topological polar surface area (TPSA) is 103 Å². The summed E-state index contributed by atoms with van der Waals surface area (Å²) in [7, 11) is 0. The van der Waals surface area contributed by atoms with Crippen LogP contribution in [0.1, 0.15) is 38.6 Å². The van der Waals surface area contributed by atoms with Crippen molar-refractivity contribution in [2.75, 3.05) is 6.54 Å². The van der Waals surface area contributed by atoms with Crippen LogP contribution in [0.2, 0.25) is 0 Å². The molecule has 0 aromatic carbocycles. The molecule has 0 bridgehead atoms. The highest BCUT2D eigenvalue weighted by Gasteiger charge is 2.45. The number of amides is 1. The van der Waals surface area contributed by atoms with E-state index in [1.165, 1.54) is 22.5 Å². The summed E-state index contributed by atoms with van der Waals surface area (Å²) in [4.78, 5) is 35.3. The van der Waals surface area contributed by atoms with Crippen molar-refractivity contribution in [3.63, 3.8) is 0 Å². The van der Waals surface area contributed by atoms with Crippen LogP contribution in [0, 0.1) is 13.8 Å². The summed E-state index contributed by atoms with van der Waals surface area (Å²) in [6.07, 6.45) is 7.69. The molecule has 0 radical (unpaired) electrons. The fraction of sp³-hybridized carbons (Fsp3) is 0.300. The largest absolute Gasteiger partial charge is 0.503 e. The van der Waals surface area contributed by atoms with E-state index >= 15 is 0 Å². The van der Waals surface area contributed by atoms with Crippen molar-refractivity contribution in [3.05, 3.63) is 69.8 Å². The lowest BCUT2D eigenvalue weighted by Crippen LogP contribution is -2.36. The molecule has 1 amide bonds. The van der Waals surface area contributed by atoms with Gasteiger partial charge in [0.05, 0.1) is 34.0 Å². The highest BCUT2D eigenvalue weighted by Crippen LogP contribution is 2.40. The van der Waals surface area contributed by atoms with Crippen LogP contribution in [0.5, 0.6) is 0 Å². The third-order valence-electron chi connectivity index (χ3n) is 4.89. The summed E-state index contributed by atoms with van der Waals surface area (Å²) < 4.78 is 7.50. The van der Waals surface area contributed by atoms with Crippen molar-refractivity contribution < 1.29 is 23.7 Å². The van der Waals surface area contributed by atoms with E-state index in [2.05, 4.69) is 9.97 Å². The Labute approximate surface area is 171 Å². The van der Waals surface area contributed by atoms with Gasteiger partial charge in [-0.3, -0.25) is 14.6 Å². The van der Waals surface area contributed by atoms with E-state index in [0.29, 0.717) is 35.8 Å². The zero-order chi connectivity index (χ0) is 20.5. The van der Waals surface area contributed by atoms with Gasteiger partial charge in [0.2, 0.25) is 12.1 Å². The first-order valence-electron chi connectivity index (χ1n) is 9.25. The lowest BCUT2D eigenvalue weighted by atomic mass is 9.99. The molecule has 0 aliphatic carbocycles. The molecule has 150 valence electrons. The van der Waals surface area contributed by atoms with E-state index in [9.17, 15) is 14.7 Å². The van der Waals surface area contributed by atoms with Gasteiger partial charge in [-0.2, -0.15) is 0 Å². The molecule has 0 spiro atoms. The number of imidazole rings is 1. The fourth-order valence-electron chi connectivity index (χ4n) is 3.61. The Kier molecular flexibility index (Phi) is 5.06. The first kappa shape index (κ1) is 19.1. The number of aryl methyl sites for hydroxylation is 3. The number of carbonyl (C=O) groups is 2. The van der Waals surface area contributed by atoms with E-state index in [-0.39, 0.29) is 11.4 Å². The highest BCUT2D eigenvalue weighted by atomic mass is 32.1. The number of hydrogen-bond acceptors (Lipinski definition) is 6. The average molecular weight is 413 g/mol. The van der Waals surface area contributed by atoms with Crippen LogP contribution < -0.4 is 4.57 Å². The molecule has 8 nitrogen and oxygen atoms in total. The lowest BCUT2D eigenvalue weighted by molar-refractivity contribution is -0.695. The number of carbonyl (C=O) groups excluding carboxylic acids is 2. The molecular formula is C20H21N4O4S+. The van der Waals surface area contributed by atoms with E-state index in [1.807, 2.05) is 30.2 Å². The van der Waals surface area contributed by atoms with E-state index in [0.717, 1.165) is 5.01 Å². The molecule has 0 saturated carbocycles. The SMILES string of the molecule is Cc1nc(C)c(C(=O)C2=C(O)C(=O)N(CCC[n+]3cc[nH]c3)C2c2ccco2)s1. The number of aliphatic hydroxyl groups is 1. The number of H-pyrrole nitrogens is 1. The third-order valence-corrected chi connectivity index (χ3v) is 5.96. The highest BCUT2D eigenvalue weighted by molar-refractivity contribution is 7.14. The van der Waals surface area contributed by atoms with Gasteiger partial charge in [-0.15, -0.1) is 11.3 Å². The third kappa shape index (κ3) is 3.49. The molecule has 29 heavy (non-hydrogen) atoms. The maximum atomic E-state index is 13.3. The molecule has 1 unspecified atom stereocenters. The molecule has 1 aliphatic heterocycles. The summed E-state index contributed by atoms with van der Waals surface area (Å²) in [6, 6.07) is 2.65. The maximum Gasteiger partial charge on any atom is 0.290 e. The van der Waals surface area contributed by atoms with Crippen LogP contribution >= 0.6 is 11.3 Å². The quantitative estimate of drug-likeness (QED) is 0.458. The Hall–Kier alpha value is -3.20. The van der Waals surface area contributed by atoms with Gasteiger partial charge in [0.1, 0.15) is 24.2 Å². The predicted molar refractivity (Wildman–Crippen MR) is 104 cm³/mol. The standard InChI is InChI=1S/C20H20N4O4S/c1-12-19(29-13(2)22-12)17(25)15-16(14-5-3-10-28-14)24(20(27)18(15)26)8-4-7-23-9-6-21-11-23/h3,5-6,9-11,16H,4,7-8H2,1-2H3,(H,25,26)/p+1. The van der Waals surface area contributed by atoms with Gasteiger partial charge in [-0.1, -0.05) is 0 Å². The van der Waals surface area contributed by atoms with Gasteiger partial charge >= 0.3 is 0 Å². The van der Waals surface area contributed by atoms with E-state index in [1.54, 1.807) is 19.1 Å². The Bertz CT molecular complexity index is 1070. The molecule has 1 atom stereocenters. The second kappa shape index (κ2) is 7.67. The number of nitrogens with zero attached hydrogens (tertiary/aromatic N) is 3. The number of rotatable bonds is 7. The number of hydrogen-bond donors (Lipinski definition) is 2. The van der Waals surface area contributed by atoms with Crippen LogP contribution in [-0.2, 0) is 11.3 Å². The van der Waals surface area contributed by atoms with E-state index < -0.39 is 17.7 Å². The average Bonchev–Trinajstić information content (AvgIpc) is 3.47. The zero-order valence-electron chi connectivity index (χ0n) is 16.1. The molecule has 3 aromatic heterocycles. The molecule has 9 heteroatoms. The minimum atomic E-state index is -0.761. The van der Waals surface area contributed by atoms with Gasteiger partial charge in [-0.05, 0) is 26.0 Å². The number of aliphatic hydroxyl groups excluding tert-OH is 1. The summed E-state index contributed by atoms with van der Waals surface area (Å²) >= 11 is 1.26. The number of aromatic amines is 1. The van der Waals surface area contributed by atoms with Crippen LogP contribution in [0.3, 0.4) is 0 Å². The first-order valence-corrected chi connectivity index (χ1v) is 10.1. The predicted octanol–water partition coefficient (Wildman–Crippen LogP) is 2.64. The van der Waals surface area contributed by atoms with E-state index in [4.69, 9.17) is 4.42 Å². The van der Waals surface area contributed by atoms with Crippen LogP contribution in [0.15, 0.2) is 52.9 Å². The molecule has 4 heterocycles. The molecular weight excluding hydrogens is 392 g/mol. The molecule has 0 saturated heterocycles. The zero-order valence-corrected chi connectivity index (χ0v) is 16.9. The summed E-state index contributed by atoms with van der Waals surface area (Å²) in [6.45, 7) is 4.62. The fourth-order valence-corrected chi connectivity index (χ4v) is 4.48. The minimum Gasteiger partial charge on any atom is -0.503 e. The molecule has 1 aliphatic rings. The summed E-state index contributed by atoms with van der Waals surface area (Å²) in [5, 5.41) is 11.4. The Morgan fingerprint density at radius 1 is 1.45 bits per heavy atom. The van der Waals surface area contributed by atoms with Gasteiger partial charge in [0.15, 0.2) is 5.76 Å². The van der Waals surface area contributed by atoms with Crippen LogP contribution in [0.25, 0.3) is 0 Å². The van der Waals surface area contributed by atoms with Crippen molar-refractivity contribution in [3.8, 4) is 0 Å². The smallest absolute Gasteiger partial charge is 0.290 e. The van der Waals surface area contributed by atoms with Crippen molar-refractivity contribution in [2.24, 2.45) is 0 Å². The number of ketones is 1. The van der Waals surface area contributed by atoms with Gasteiger partial charge in [0.25, 0.3) is 5.91 Å². The maximum absolute atomic E-state index is 13.3. The van der Waals surface area contributed by atoms with Crippen molar-refractivity contribution in [2.45, 2.75) is 32.9 Å². The molecule has 4 rings (SSSR count). The van der Waals surface area contributed by atoms with Gasteiger partial charge < -0.3 is 14.4 Å². The van der Waals surface area contributed by atoms with Crippen molar-refractivity contribution in [1.82, 2.24) is 14.9 Å². The first-order chi connectivity index (χ1) is 14.0. The minimum absolute atomic E-state index is 0.0472. The van der Waals surface area contributed by atoms with Gasteiger partial charge in [0, 0.05) is 13.0 Å². The number of aromatic nitrogens is 3. The summed E-state index contributed by atoms with van der Waals surface area (Å²) in [5.74, 6) is -1.02. The number of nitrogens with one attached hydrogen (secondary N) is 1. The number of thiazole rings is 1. The Balaban J connectivity index is 1.65. The second-order valence-corrected chi connectivity index (χ2v) is 8.06. The van der Waals surface area contributed by atoms with Crippen molar-refractivity contribution >= 4 is 23.0 Å². The number of furan rings is 1.